The Morgan fingerprint density at radius 2 is 2.09 bits per heavy atom. The van der Waals surface area contributed by atoms with Gasteiger partial charge in [0.05, 0.1) is 11.2 Å². The molecule has 2 aromatic heterocycles. The molecule has 1 atom stereocenters. The quantitative estimate of drug-likeness (QED) is 0.785. The average Bonchev–Trinajstić information content (AvgIpc) is 2.59. The van der Waals surface area contributed by atoms with Crippen LogP contribution in [-0.2, 0) is 0 Å². The first-order chi connectivity index (χ1) is 11.2. The largest absolute Gasteiger partial charge is 0.491 e. The van der Waals surface area contributed by atoms with Crippen LogP contribution in [0.4, 0.5) is 4.39 Å². The predicted molar refractivity (Wildman–Crippen MR) is 87.2 cm³/mol. The van der Waals surface area contributed by atoms with Crippen LogP contribution >= 0.6 is 0 Å². The summed E-state index contributed by atoms with van der Waals surface area (Å²) in [5.41, 5.74) is 3.82. The minimum Gasteiger partial charge on any atom is -0.491 e. The zero-order valence-corrected chi connectivity index (χ0v) is 12.7. The lowest BCUT2D eigenvalue weighted by Gasteiger charge is -2.10. The van der Waals surface area contributed by atoms with Crippen LogP contribution < -0.4 is 4.74 Å². The maximum Gasteiger partial charge on any atom is 0.120 e. The van der Waals surface area contributed by atoms with Crippen molar-refractivity contribution in [2.75, 3.05) is 13.3 Å². The van der Waals surface area contributed by atoms with Crippen molar-refractivity contribution in [1.29, 1.82) is 0 Å². The molecule has 0 aliphatic heterocycles. The first kappa shape index (κ1) is 15.4. The molecule has 0 aliphatic rings. The fraction of sp³-hybridized carbons (Fsp3) is 0.222. The number of hydrogen-bond donors (Lipinski definition) is 1. The van der Waals surface area contributed by atoms with Crippen molar-refractivity contribution in [3.05, 3.63) is 54.4 Å². The van der Waals surface area contributed by atoms with Gasteiger partial charge in [-0.3, -0.25) is 4.98 Å². The Bertz CT molecular complexity index is 823. The number of hydrogen-bond acceptors (Lipinski definition) is 4. The van der Waals surface area contributed by atoms with Crippen LogP contribution in [0.5, 0.6) is 5.75 Å². The van der Waals surface area contributed by atoms with Gasteiger partial charge in [-0.25, -0.2) is 9.37 Å². The molecule has 4 nitrogen and oxygen atoms in total. The number of aliphatic hydroxyl groups excluding tert-OH is 1. The number of ether oxygens (including phenoxy) is 1. The Hall–Kier alpha value is -2.53. The highest BCUT2D eigenvalue weighted by Gasteiger charge is 2.07. The summed E-state index contributed by atoms with van der Waals surface area (Å²) in [5.74, 6) is 0.581. The molecule has 0 saturated carbocycles. The lowest BCUT2D eigenvalue weighted by molar-refractivity contribution is 0.0842. The summed E-state index contributed by atoms with van der Waals surface area (Å²) in [7, 11) is 0. The molecular weight excluding hydrogens is 294 g/mol. The SMILES string of the molecule is Cc1ccncc1-c1ccc2cc(OC[C@H](O)C[18F])ccc2n1. The third-order valence-electron chi connectivity index (χ3n) is 3.60. The maximum absolute atomic E-state index is 12.2. The van der Waals surface area contributed by atoms with Gasteiger partial charge in [-0.1, -0.05) is 6.07 Å². The van der Waals surface area contributed by atoms with E-state index in [-0.39, 0.29) is 6.61 Å². The van der Waals surface area contributed by atoms with E-state index in [1.807, 2.05) is 37.3 Å². The lowest BCUT2D eigenvalue weighted by atomic mass is 10.1. The van der Waals surface area contributed by atoms with Gasteiger partial charge in [-0.05, 0) is 42.8 Å². The van der Waals surface area contributed by atoms with Gasteiger partial charge >= 0.3 is 0 Å². The van der Waals surface area contributed by atoms with Crippen LogP contribution in [0.25, 0.3) is 22.2 Å². The predicted octanol–water partition coefficient (Wildman–Crippen LogP) is 3.31. The first-order valence-corrected chi connectivity index (χ1v) is 7.36. The molecule has 3 aromatic rings. The van der Waals surface area contributed by atoms with E-state index in [4.69, 9.17) is 4.74 Å². The highest BCUT2D eigenvalue weighted by molar-refractivity contribution is 5.83. The number of aryl methyl sites for hydroxylation is 1. The molecule has 0 unspecified atom stereocenters. The summed E-state index contributed by atoms with van der Waals surface area (Å²) in [6, 6.07) is 11.3. The van der Waals surface area contributed by atoms with Crippen LogP contribution in [0.2, 0.25) is 0 Å². The second kappa shape index (κ2) is 6.71. The fourth-order valence-corrected chi connectivity index (χ4v) is 2.31. The number of halogens is 1. The molecule has 0 aliphatic carbocycles. The number of aliphatic hydroxyl groups is 1. The van der Waals surface area contributed by atoms with E-state index >= 15 is 0 Å². The summed E-state index contributed by atoms with van der Waals surface area (Å²) in [5, 5.41) is 10.1. The van der Waals surface area contributed by atoms with E-state index < -0.39 is 12.8 Å². The summed E-state index contributed by atoms with van der Waals surface area (Å²) in [4.78, 5) is 8.80. The molecule has 2 heterocycles. The molecule has 23 heavy (non-hydrogen) atoms. The fourth-order valence-electron chi connectivity index (χ4n) is 2.31. The number of rotatable bonds is 5. The Balaban J connectivity index is 1.89. The third kappa shape index (κ3) is 3.46. The second-order valence-corrected chi connectivity index (χ2v) is 5.36. The normalized spacial score (nSPS) is 12.3. The molecule has 0 radical (unpaired) electrons. The zero-order valence-electron chi connectivity index (χ0n) is 12.7. The monoisotopic (exact) mass is 311 g/mol. The van der Waals surface area contributed by atoms with Crippen LogP contribution in [0.1, 0.15) is 5.56 Å². The number of pyridine rings is 2. The minimum atomic E-state index is -1.10. The Morgan fingerprint density at radius 3 is 2.87 bits per heavy atom. The molecule has 0 saturated heterocycles. The Labute approximate surface area is 133 Å². The van der Waals surface area contributed by atoms with Crippen molar-refractivity contribution in [3.8, 4) is 17.0 Å². The van der Waals surface area contributed by atoms with E-state index in [1.165, 1.54) is 0 Å². The molecule has 0 spiro atoms. The highest BCUT2D eigenvalue weighted by Crippen LogP contribution is 2.25. The van der Waals surface area contributed by atoms with E-state index in [9.17, 15) is 9.50 Å². The van der Waals surface area contributed by atoms with E-state index in [0.717, 1.165) is 27.7 Å². The standard InChI is InChI=1S/C18H17FN2O2/c1-12-6-7-20-10-16(12)18-4-2-13-8-15(3-5-17(13)21-18)23-11-14(22)9-19/h2-8,10,14,22H,9,11H2,1H3/t14-/m1/s1/i19-1. The highest BCUT2D eigenvalue weighted by atomic mass is 18.2. The van der Waals surface area contributed by atoms with E-state index in [0.29, 0.717) is 5.75 Å². The molecule has 118 valence electrons. The summed E-state index contributed by atoms with van der Waals surface area (Å²) < 4.78 is 17.6. The summed E-state index contributed by atoms with van der Waals surface area (Å²) in [6.45, 7) is 1.14. The van der Waals surface area contributed by atoms with Gasteiger partial charge in [0.2, 0.25) is 0 Å². The lowest BCUT2D eigenvalue weighted by Crippen LogP contribution is -2.19. The number of aromatic nitrogens is 2. The van der Waals surface area contributed by atoms with Crippen LogP contribution in [0.3, 0.4) is 0 Å². The average molecular weight is 311 g/mol. The number of fused-ring (bicyclic) bond motifs is 1. The Morgan fingerprint density at radius 1 is 1.22 bits per heavy atom. The molecule has 1 N–H and O–H groups in total. The van der Waals surface area contributed by atoms with Gasteiger partial charge in [0.25, 0.3) is 0 Å². The maximum atomic E-state index is 12.2. The summed E-state index contributed by atoms with van der Waals surface area (Å²) >= 11 is 0. The Kier molecular flexibility index (Phi) is 4.48. The van der Waals surface area contributed by atoms with Gasteiger partial charge in [0.15, 0.2) is 0 Å². The molecule has 0 bridgehead atoms. The van der Waals surface area contributed by atoms with E-state index in [1.54, 1.807) is 18.5 Å². The number of benzene rings is 1. The smallest absolute Gasteiger partial charge is 0.120 e. The minimum absolute atomic E-state index is 0.0671. The van der Waals surface area contributed by atoms with Crippen molar-refractivity contribution in [1.82, 2.24) is 9.97 Å². The van der Waals surface area contributed by atoms with Crippen molar-refractivity contribution < 1.29 is 14.2 Å². The second-order valence-electron chi connectivity index (χ2n) is 5.36. The van der Waals surface area contributed by atoms with Crippen LogP contribution in [0, 0.1) is 6.92 Å². The molecule has 3 rings (SSSR count). The van der Waals surface area contributed by atoms with Crippen LogP contribution in [0.15, 0.2) is 48.8 Å². The molecule has 1 aromatic carbocycles. The molecular formula is C18H17FN2O2. The topological polar surface area (TPSA) is 55.2 Å². The number of nitrogens with zero attached hydrogens (tertiary/aromatic N) is 2. The van der Waals surface area contributed by atoms with Gasteiger partial charge in [0.1, 0.15) is 25.1 Å². The zero-order chi connectivity index (χ0) is 16.2. The first-order valence-electron chi connectivity index (χ1n) is 7.36. The van der Waals surface area contributed by atoms with Crippen molar-refractivity contribution in [2.24, 2.45) is 0 Å². The van der Waals surface area contributed by atoms with E-state index in [2.05, 4.69) is 9.97 Å². The van der Waals surface area contributed by atoms with Crippen molar-refractivity contribution >= 4 is 10.9 Å². The summed E-state index contributed by atoms with van der Waals surface area (Å²) in [6.07, 6.45) is 2.47. The molecule has 5 heteroatoms. The third-order valence-corrected chi connectivity index (χ3v) is 3.60. The van der Waals surface area contributed by atoms with Crippen LogP contribution in [-0.4, -0.2) is 34.5 Å². The van der Waals surface area contributed by atoms with Gasteiger partial charge < -0.3 is 9.84 Å². The van der Waals surface area contributed by atoms with Gasteiger partial charge in [-0.15, -0.1) is 0 Å². The molecule has 0 fully saturated rings. The van der Waals surface area contributed by atoms with Crippen molar-refractivity contribution in [3.63, 3.8) is 0 Å². The molecule has 0 amide bonds. The van der Waals surface area contributed by atoms with Gasteiger partial charge in [0, 0.05) is 23.3 Å². The number of alkyl halides is 1. The van der Waals surface area contributed by atoms with Gasteiger partial charge in [-0.2, -0.15) is 0 Å². The van der Waals surface area contributed by atoms with Crippen molar-refractivity contribution in [2.45, 2.75) is 13.0 Å².